The van der Waals surface area contributed by atoms with Crippen LogP contribution in [0, 0.1) is 17.8 Å². The van der Waals surface area contributed by atoms with Gasteiger partial charge in [0.25, 0.3) is 17.7 Å². The number of carbonyl (C=O) groups excluding carboxylic acids is 7. The molecule has 3 heterocycles. The monoisotopic (exact) mass is 992 g/mol. The number of likely N-dealkylation sites (tertiary alicyclic amines) is 1. The Labute approximate surface area is 417 Å². The predicted octanol–water partition coefficient (Wildman–Crippen LogP) is 5.45. The predicted molar refractivity (Wildman–Crippen MR) is 268 cm³/mol. The number of carboxylic acid groups (broad SMARTS) is 1. The van der Waals surface area contributed by atoms with Gasteiger partial charge in [0.1, 0.15) is 22.8 Å². The first-order valence-electron chi connectivity index (χ1n) is 25.0. The van der Waals surface area contributed by atoms with Crippen molar-refractivity contribution in [3.63, 3.8) is 0 Å². The van der Waals surface area contributed by atoms with E-state index in [1.807, 2.05) is 34.7 Å². The molecule has 0 unspecified atom stereocenters. The number of benzene rings is 1. The summed E-state index contributed by atoms with van der Waals surface area (Å²) in [5.74, 6) is -3.41. The van der Waals surface area contributed by atoms with Gasteiger partial charge < -0.3 is 31.1 Å². The Bertz CT molecular complexity index is 2110. The number of aliphatic carboxylic acids is 1. The Morgan fingerprint density at radius 1 is 0.943 bits per heavy atom. The number of hydrogen-bond donors (Lipinski definition) is 4. The molecule has 386 valence electrons. The van der Waals surface area contributed by atoms with Crippen molar-refractivity contribution in [2.24, 2.45) is 23.5 Å². The lowest BCUT2D eigenvalue weighted by molar-refractivity contribution is -0.143. The fourth-order valence-corrected chi connectivity index (χ4v) is 10.1. The number of imide groups is 1. The topological polar surface area (TPSA) is 239 Å². The fourth-order valence-electron chi connectivity index (χ4n) is 9.25. The molecule has 1 aromatic heterocycles. The van der Waals surface area contributed by atoms with E-state index < -0.39 is 36.0 Å². The number of hydrogen-bond acceptors (Lipinski definition) is 13. The summed E-state index contributed by atoms with van der Waals surface area (Å²) >= 11 is 1.21. The van der Waals surface area contributed by atoms with E-state index >= 15 is 0 Å². The van der Waals surface area contributed by atoms with Gasteiger partial charge in [-0.25, -0.2) is 9.78 Å². The zero-order valence-electron chi connectivity index (χ0n) is 42.3. The van der Waals surface area contributed by atoms with Crippen LogP contribution in [0.1, 0.15) is 144 Å². The zero-order chi connectivity index (χ0) is 51.5. The Kier molecular flexibility index (Phi) is 23.5. The highest BCUT2D eigenvalue weighted by atomic mass is 32.1. The molecule has 1 saturated heterocycles. The fraction of sp³-hybridized carbons (Fsp3) is 0.635. The molecule has 17 nitrogen and oxygen atoms in total. The summed E-state index contributed by atoms with van der Waals surface area (Å²) < 4.78 is 5.91. The van der Waals surface area contributed by atoms with Crippen LogP contribution in [0.3, 0.4) is 0 Å². The lowest BCUT2D eigenvalue weighted by Crippen LogP contribution is -2.48. The van der Waals surface area contributed by atoms with E-state index in [2.05, 4.69) is 20.5 Å². The summed E-state index contributed by atoms with van der Waals surface area (Å²) in [7, 11) is 5.31. The number of carboxylic acids is 1. The molecular weight excluding hydrogens is 915 g/mol. The van der Waals surface area contributed by atoms with Crippen LogP contribution in [0.15, 0.2) is 41.8 Å². The van der Waals surface area contributed by atoms with Crippen LogP contribution in [0.2, 0.25) is 0 Å². The smallest absolute Gasteiger partial charge is 0.326 e. The van der Waals surface area contributed by atoms with Gasteiger partial charge in [0.15, 0.2) is 11.6 Å². The molecule has 1 aromatic carbocycles. The number of rotatable bonds is 31. The number of nitrogens with one attached hydrogen (secondary N) is 2. The summed E-state index contributed by atoms with van der Waals surface area (Å²) in [5.41, 5.74) is 7.02. The van der Waals surface area contributed by atoms with Crippen molar-refractivity contribution in [1.82, 2.24) is 30.3 Å². The van der Waals surface area contributed by atoms with Crippen LogP contribution in [0.25, 0.3) is 0 Å². The number of carbonyl (C=O) groups is 8. The van der Waals surface area contributed by atoms with Crippen LogP contribution < -0.4 is 16.4 Å². The molecule has 0 saturated carbocycles. The minimum absolute atomic E-state index is 0.00417. The third-order valence-corrected chi connectivity index (χ3v) is 14.8. The maximum Gasteiger partial charge on any atom is 0.326 e. The zero-order valence-corrected chi connectivity index (χ0v) is 43.1. The number of aromatic nitrogens is 1. The number of amides is 5. The van der Waals surface area contributed by atoms with Gasteiger partial charge in [-0.15, -0.1) is 11.3 Å². The highest BCUT2D eigenvalue weighted by Crippen LogP contribution is 2.32. The molecule has 0 spiro atoms. The van der Waals surface area contributed by atoms with Crippen molar-refractivity contribution in [1.29, 1.82) is 0 Å². The summed E-state index contributed by atoms with van der Waals surface area (Å²) in [4.78, 5) is 113. The third-order valence-electron chi connectivity index (χ3n) is 13.9. The van der Waals surface area contributed by atoms with Gasteiger partial charge in [0.2, 0.25) is 11.8 Å². The number of piperidine rings is 1. The molecule has 2 aliphatic rings. The standard InChI is InChI=1S/C52H77N7O10S/c1-8-34(4)37(30-44(61)41-17-12-15-26-57(41)5)51(66)58(6)42(33(2)3)31-45(69-7)50-56-40(32-70-50)49(65)55-39(52(67)68)28-35-19-21-36(22-20-35)29-43(60)38(16-11-13-25-53)54-46(62)18-10-9-14-27-59-47(63)23-24-48(59)64/h19-24,32-34,37-39,41-42,45H,8-18,25-31,53H2,1-7H3,(H,54,62)(H,55,65)(H,67,68)/t34-,37-,38-,39-,41+,42+,45+/m0/s1. The molecule has 5 amide bonds. The first-order valence-corrected chi connectivity index (χ1v) is 25.9. The molecule has 7 atom stereocenters. The molecule has 4 rings (SSSR count). The highest BCUT2D eigenvalue weighted by molar-refractivity contribution is 7.09. The average Bonchev–Trinajstić information content (AvgIpc) is 3.96. The summed E-state index contributed by atoms with van der Waals surface area (Å²) in [6, 6.07) is 4.43. The summed E-state index contributed by atoms with van der Waals surface area (Å²) in [6.07, 6.45) is 9.81. The first kappa shape index (κ1) is 57.4. The summed E-state index contributed by atoms with van der Waals surface area (Å²) in [6.45, 7) is 9.75. The van der Waals surface area contributed by atoms with Crippen LogP contribution in [-0.2, 0) is 51.1 Å². The van der Waals surface area contributed by atoms with Crippen molar-refractivity contribution in [3.05, 3.63) is 63.6 Å². The number of unbranched alkanes of at least 4 members (excludes halogenated alkanes) is 3. The number of ether oxygens (including phenoxy) is 1. The van der Waals surface area contributed by atoms with Gasteiger partial charge in [-0.05, 0) is 88.0 Å². The van der Waals surface area contributed by atoms with E-state index in [4.69, 9.17) is 10.5 Å². The molecule has 0 aliphatic carbocycles. The second kappa shape index (κ2) is 28.6. The number of thiazole rings is 1. The third kappa shape index (κ3) is 17.0. The van der Waals surface area contributed by atoms with Crippen LogP contribution in [0.4, 0.5) is 0 Å². The lowest BCUT2D eigenvalue weighted by atomic mass is 9.83. The molecular formula is C52H77N7O10S. The Hall–Kier alpha value is -5.17. The maximum atomic E-state index is 14.3. The Morgan fingerprint density at radius 2 is 1.63 bits per heavy atom. The molecule has 5 N–H and O–H groups in total. The molecule has 0 bridgehead atoms. The van der Waals surface area contributed by atoms with Gasteiger partial charge in [-0.2, -0.15) is 0 Å². The molecule has 0 radical (unpaired) electrons. The SMILES string of the molecule is CC[C@H](C)[C@H](CC(=O)[C@H]1CCCCN1C)C(=O)N(C)[C@H](C[C@@H](OC)c1nc(C(=O)N[C@@H](Cc2ccc(CC(=O)[C@H](CCCCN)NC(=O)CCCCCN3C(=O)C=CC3=O)cc2)C(=O)O)cs1)C(C)C. The largest absolute Gasteiger partial charge is 0.480 e. The van der Waals surface area contributed by atoms with Crippen LogP contribution in [-0.4, -0.2) is 137 Å². The minimum Gasteiger partial charge on any atom is -0.480 e. The minimum atomic E-state index is -1.29. The molecule has 2 aliphatic heterocycles. The second-order valence-electron chi connectivity index (χ2n) is 19.4. The van der Waals surface area contributed by atoms with Crippen molar-refractivity contribution in [2.75, 3.05) is 40.8 Å². The number of methoxy groups -OCH3 is 1. The lowest BCUT2D eigenvalue weighted by Gasteiger charge is -2.37. The van der Waals surface area contributed by atoms with E-state index in [0.29, 0.717) is 67.6 Å². The maximum absolute atomic E-state index is 14.3. The molecule has 1 fully saturated rings. The quantitative estimate of drug-likeness (QED) is 0.0544. The van der Waals surface area contributed by atoms with Gasteiger partial charge in [-0.3, -0.25) is 43.4 Å². The average molecular weight is 992 g/mol. The van der Waals surface area contributed by atoms with Gasteiger partial charge in [-0.1, -0.05) is 71.2 Å². The van der Waals surface area contributed by atoms with Crippen molar-refractivity contribution in [3.8, 4) is 0 Å². The van der Waals surface area contributed by atoms with Crippen molar-refractivity contribution in [2.45, 2.75) is 154 Å². The normalized spacial score (nSPS) is 17.7. The van der Waals surface area contributed by atoms with E-state index in [1.54, 1.807) is 48.7 Å². The second-order valence-corrected chi connectivity index (χ2v) is 20.2. The number of Topliss-reactive ketones (excluding diaryl/α,β-unsaturated/α-hetero) is 2. The number of ketones is 2. The highest BCUT2D eigenvalue weighted by Gasteiger charge is 2.37. The van der Waals surface area contributed by atoms with Crippen LogP contribution in [0.5, 0.6) is 0 Å². The number of nitrogens with two attached hydrogens (primary N) is 1. The van der Waals surface area contributed by atoms with Gasteiger partial charge in [0.05, 0.1) is 12.1 Å². The Morgan fingerprint density at radius 3 is 2.24 bits per heavy atom. The van der Waals surface area contributed by atoms with Crippen molar-refractivity contribution >= 4 is 58.4 Å². The molecule has 70 heavy (non-hydrogen) atoms. The number of nitrogens with zero attached hydrogens (tertiary/aromatic N) is 4. The van der Waals surface area contributed by atoms with E-state index in [-0.39, 0.29) is 97.0 Å². The van der Waals surface area contributed by atoms with E-state index in [9.17, 15) is 43.5 Å². The Balaban J connectivity index is 1.33. The number of likely N-dealkylation sites (N-methyl/N-ethyl adjacent to an activating group) is 1. The summed E-state index contributed by atoms with van der Waals surface area (Å²) in [5, 5.41) is 17.7. The van der Waals surface area contributed by atoms with E-state index in [1.165, 1.54) is 28.4 Å². The van der Waals surface area contributed by atoms with Gasteiger partial charge >= 0.3 is 5.97 Å². The van der Waals surface area contributed by atoms with Crippen LogP contribution >= 0.6 is 11.3 Å². The van der Waals surface area contributed by atoms with Gasteiger partial charge in [0, 0.05) is 82.3 Å². The van der Waals surface area contributed by atoms with Crippen molar-refractivity contribution < 1.29 is 48.2 Å². The van der Waals surface area contributed by atoms with E-state index in [0.717, 1.165) is 32.2 Å². The molecule has 18 heteroatoms. The first-order chi connectivity index (χ1) is 33.4. The molecule has 2 aromatic rings.